The molecule has 2 unspecified atom stereocenters. The summed E-state index contributed by atoms with van der Waals surface area (Å²) in [4.78, 5) is 24.4. The van der Waals surface area contributed by atoms with Crippen LogP contribution >= 0.6 is 0 Å². The predicted molar refractivity (Wildman–Crippen MR) is 56.8 cm³/mol. The highest BCUT2D eigenvalue weighted by atomic mass is 16.2. The average Bonchev–Trinajstić information content (AvgIpc) is 2.57. The highest BCUT2D eigenvalue weighted by Crippen LogP contribution is 2.22. The third-order valence-corrected chi connectivity index (χ3v) is 2.97. The Morgan fingerprint density at radius 3 is 2.73 bits per heavy atom. The number of hydrogen-bond acceptors (Lipinski definition) is 3. The number of carbonyl (C=O) groups is 2. The van der Waals surface area contributed by atoms with Crippen LogP contribution in [0.1, 0.15) is 26.2 Å². The zero-order valence-corrected chi connectivity index (χ0v) is 9.11. The number of amides is 2. The summed E-state index contributed by atoms with van der Waals surface area (Å²) < 4.78 is 0. The summed E-state index contributed by atoms with van der Waals surface area (Å²) in [7, 11) is 0. The van der Waals surface area contributed by atoms with Gasteiger partial charge in [-0.25, -0.2) is 0 Å². The molecule has 0 saturated carbocycles. The summed E-state index contributed by atoms with van der Waals surface area (Å²) in [5, 5.41) is 0. The van der Waals surface area contributed by atoms with Crippen LogP contribution in [-0.4, -0.2) is 35.8 Å². The Hall–Kier alpha value is -1.10. The van der Waals surface area contributed by atoms with E-state index in [-0.39, 0.29) is 30.2 Å². The molecule has 1 heterocycles. The quantitative estimate of drug-likeness (QED) is 0.642. The molecular formula is C10H19N3O2. The standard InChI is InChI=1S/C10H19N3O2/c1-2-8(3-4-11)13-6-7(10(12)15)5-9(13)14/h7-8H,2-6,11H2,1H3,(H2,12,15). The Balaban J connectivity index is 2.62. The molecule has 2 atom stereocenters. The summed E-state index contributed by atoms with van der Waals surface area (Å²) in [6.45, 7) is 3.04. The number of carbonyl (C=O) groups excluding carboxylic acids is 2. The first-order valence-electron chi connectivity index (χ1n) is 5.39. The van der Waals surface area contributed by atoms with Gasteiger partial charge < -0.3 is 16.4 Å². The van der Waals surface area contributed by atoms with Crippen LogP contribution in [0.4, 0.5) is 0 Å². The third kappa shape index (κ3) is 2.68. The Morgan fingerprint density at radius 1 is 1.67 bits per heavy atom. The number of rotatable bonds is 5. The number of nitrogens with zero attached hydrogens (tertiary/aromatic N) is 1. The topological polar surface area (TPSA) is 89.4 Å². The first-order chi connectivity index (χ1) is 7.10. The highest BCUT2D eigenvalue weighted by Gasteiger charge is 2.35. The lowest BCUT2D eigenvalue weighted by atomic mass is 10.1. The van der Waals surface area contributed by atoms with Gasteiger partial charge in [0.2, 0.25) is 11.8 Å². The van der Waals surface area contributed by atoms with E-state index in [0.29, 0.717) is 13.1 Å². The molecule has 1 rings (SSSR count). The van der Waals surface area contributed by atoms with Crippen LogP contribution in [0.3, 0.4) is 0 Å². The van der Waals surface area contributed by atoms with Gasteiger partial charge in [0.25, 0.3) is 0 Å². The maximum absolute atomic E-state index is 11.6. The molecule has 4 N–H and O–H groups in total. The molecule has 2 amide bonds. The number of nitrogens with two attached hydrogens (primary N) is 2. The molecule has 0 spiro atoms. The van der Waals surface area contributed by atoms with E-state index in [1.165, 1.54) is 0 Å². The minimum absolute atomic E-state index is 0.0269. The summed E-state index contributed by atoms with van der Waals surface area (Å²) in [6, 6.07) is 0.159. The largest absolute Gasteiger partial charge is 0.369 e. The Morgan fingerprint density at radius 2 is 2.33 bits per heavy atom. The van der Waals surface area contributed by atoms with Gasteiger partial charge in [0.05, 0.1) is 5.92 Å². The maximum Gasteiger partial charge on any atom is 0.223 e. The lowest BCUT2D eigenvalue weighted by molar-refractivity contribution is -0.130. The van der Waals surface area contributed by atoms with Gasteiger partial charge in [-0.15, -0.1) is 0 Å². The fourth-order valence-corrected chi connectivity index (χ4v) is 2.05. The normalized spacial score (nSPS) is 23.2. The predicted octanol–water partition coefficient (Wildman–Crippen LogP) is -0.552. The number of likely N-dealkylation sites (tertiary alicyclic amines) is 1. The molecule has 0 aromatic heterocycles. The first-order valence-corrected chi connectivity index (χ1v) is 5.39. The SMILES string of the molecule is CCC(CCN)N1CC(C(N)=O)CC1=O. The van der Waals surface area contributed by atoms with Gasteiger partial charge in [-0.3, -0.25) is 9.59 Å². The second-order valence-corrected chi connectivity index (χ2v) is 3.99. The van der Waals surface area contributed by atoms with Crippen molar-refractivity contribution in [2.24, 2.45) is 17.4 Å². The molecule has 1 aliphatic rings. The summed E-state index contributed by atoms with van der Waals surface area (Å²) in [5.41, 5.74) is 10.7. The lowest BCUT2D eigenvalue weighted by Gasteiger charge is -2.26. The van der Waals surface area contributed by atoms with Crippen molar-refractivity contribution in [3.63, 3.8) is 0 Å². The van der Waals surface area contributed by atoms with Crippen molar-refractivity contribution in [3.8, 4) is 0 Å². The van der Waals surface area contributed by atoms with E-state index < -0.39 is 0 Å². The average molecular weight is 213 g/mol. The molecule has 0 aromatic rings. The molecule has 0 aliphatic carbocycles. The molecule has 15 heavy (non-hydrogen) atoms. The zero-order valence-electron chi connectivity index (χ0n) is 9.11. The second-order valence-electron chi connectivity index (χ2n) is 3.99. The molecule has 5 heteroatoms. The van der Waals surface area contributed by atoms with Crippen LogP contribution < -0.4 is 11.5 Å². The monoisotopic (exact) mass is 213 g/mol. The van der Waals surface area contributed by atoms with Gasteiger partial charge in [-0.2, -0.15) is 0 Å². The molecule has 86 valence electrons. The van der Waals surface area contributed by atoms with Crippen LogP contribution in [0, 0.1) is 5.92 Å². The van der Waals surface area contributed by atoms with Crippen LogP contribution in [0.25, 0.3) is 0 Å². The van der Waals surface area contributed by atoms with Crippen LogP contribution in [0.15, 0.2) is 0 Å². The highest BCUT2D eigenvalue weighted by molar-refractivity contribution is 5.88. The van der Waals surface area contributed by atoms with Crippen molar-refractivity contribution in [2.75, 3.05) is 13.1 Å². The van der Waals surface area contributed by atoms with Gasteiger partial charge in [0.1, 0.15) is 0 Å². The molecule has 1 fully saturated rings. The molecule has 5 nitrogen and oxygen atoms in total. The lowest BCUT2D eigenvalue weighted by Crippen LogP contribution is -2.38. The van der Waals surface area contributed by atoms with Crippen molar-refractivity contribution in [1.29, 1.82) is 0 Å². The zero-order chi connectivity index (χ0) is 11.4. The van der Waals surface area contributed by atoms with E-state index in [2.05, 4.69) is 0 Å². The summed E-state index contributed by atoms with van der Waals surface area (Å²) >= 11 is 0. The van der Waals surface area contributed by atoms with Gasteiger partial charge in [0, 0.05) is 19.0 Å². The Kier molecular flexibility index (Phi) is 4.08. The molecule has 1 saturated heterocycles. The van der Waals surface area contributed by atoms with Gasteiger partial charge in [-0.1, -0.05) is 6.92 Å². The number of primary amides is 1. The van der Waals surface area contributed by atoms with Gasteiger partial charge in [-0.05, 0) is 19.4 Å². The van der Waals surface area contributed by atoms with Gasteiger partial charge >= 0.3 is 0 Å². The Bertz CT molecular complexity index is 255. The van der Waals surface area contributed by atoms with E-state index in [1.807, 2.05) is 6.92 Å². The molecule has 0 radical (unpaired) electrons. The van der Waals surface area contributed by atoms with E-state index in [4.69, 9.17) is 11.5 Å². The second kappa shape index (κ2) is 5.11. The van der Waals surface area contributed by atoms with Crippen molar-refractivity contribution in [1.82, 2.24) is 4.90 Å². The molecular weight excluding hydrogens is 194 g/mol. The van der Waals surface area contributed by atoms with Gasteiger partial charge in [0.15, 0.2) is 0 Å². The molecule has 1 aliphatic heterocycles. The number of hydrogen-bond donors (Lipinski definition) is 2. The van der Waals surface area contributed by atoms with Crippen LogP contribution in [0.2, 0.25) is 0 Å². The van der Waals surface area contributed by atoms with Crippen LogP contribution in [-0.2, 0) is 9.59 Å². The van der Waals surface area contributed by atoms with E-state index >= 15 is 0 Å². The van der Waals surface area contributed by atoms with Crippen molar-refractivity contribution < 1.29 is 9.59 Å². The summed E-state index contributed by atoms with van der Waals surface area (Å²) in [5.74, 6) is -0.670. The minimum Gasteiger partial charge on any atom is -0.369 e. The van der Waals surface area contributed by atoms with E-state index in [9.17, 15) is 9.59 Å². The fourth-order valence-electron chi connectivity index (χ4n) is 2.05. The van der Waals surface area contributed by atoms with E-state index in [1.54, 1.807) is 4.90 Å². The minimum atomic E-state index is -0.381. The van der Waals surface area contributed by atoms with Crippen LogP contribution in [0.5, 0.6) is 0 Å². The third-order valence-electron chi connectivity index (χ3n) is 2.97. The fraction of sp³-hybridized carbons (Fsp3) is 0.800. The van der Waals surface area contributed by atoms with Crippen molar-refractivity contribution in [2.45, 2.75) is 32.2 Å². The van der Waals surface area contributed by atoms with Crippen molar-refractivity contribution in [3.05, 3.63) is 0 Å². The smallest absolute Gasteiger partial charge is 0.223 e. The first kappa shape index (κ1) is 12.0. The maximum atomic E-state index is 11.6. The molecule has 0 aromatic carbocycles. The van der Waals surface area contributed by atoms with E-state index in [0.717, 1.165) is 12.8 Å². The van der Waals surface area contributed by atoms with Crippen molar-refractivity contribution >= 4 is 11.8 Å². The summed E-state index contributed by atoms with van der Waals surface area (Å²) in [6.07, 6.45) is 1.92. The Labute approximate surface area is 89.8 Å². The molecule has 0 bridgehead atoms.